The van der Waals surface area contributed by atoms with E-state index in [9.17, 15) is 4.39 Å². The van der Waals surface area contributed by atoms with E-state index in [0.717, 1.165) is 0 Å². The van der Waals surface area contributed by atoms with Gasteiger partial charge in [-0.3, -0.25) is 0 Å². The van der Waals surface area contributed by atoms with Crippen molar-refractivity contribution in [2.24, 2.45) is 0 Å². The first-order chi connectivity index (χ1) is 3.30. The van der Waals surface area contributed by atoms with Crippen LogP contribution >= 0.6 is 15.9 Å². The summed E-state index contributed by atoms with van der Waals surface area (Å²) in [6, 6.07) is 0. The monoisotopic (exact) mass is 164 g/mol. The van der Waals surface area contributed by atoms with E-state index < -0.39 is 5.95 Å². The van der Waals surface area contributed by atoms with Gasteiger partial charge in [0.25, 0.3) is 0 Å². The van der Waals surface area contributed by atoms with Crippen LogP contribution in [0.3, 0.4) is 0 Å². The average molecular weight is 165 g/mol. The summed E-state index contributed by atoms with van der Waals surface area (Å²) < 4.78 is 12.1. The topological polar surface area (TPSA) is 28.7 Å². The Kier molecular flexibility index (Phi) is 1.10. The van der Waals surface area contributed by atoms with Gasteiger partial charge in [0.1, 0.15) is 0 Å². The summed E-state index contributed by atoms with van der Waals surface area (Å²) >= 11 is 2.85. The zero-order chi connectivity index (χ0) is 5.28. The normalized spacial score (nSPS) is 9.43. The molecule has 4 heteroatoms. The standard InChI is InChI=1S/C3H2BrFN2/c4-2-3(5)7-1-6-2/h1H,(H,6,7). The predicted octanol–water partition coefficient (Wildman–Crippen LogP) is 1.31. The van der Waals surface area contributed by atoms with Gasteiger partial charge in [-0.05, 0) is 15.9 Å². The molecule has 0 amide bonds. The summed E-state index contributed by atoms with van der Waals surface area (Å²) in [5.41, 5.74) is 0. The number of halogens is 2. The van der Waals surface area contributed by atoms with Crippen molar-refractivity contribution in [3.8, 4) is 0 Å². The number of aromatic nitrogens is 2. The molecule has 1 aromatic heterocycles. The highest BCUT2D eigenvalue weighted by Crippen LogP contribution is 2.06. The second-order valence-electron chi connectivity index (χ2n) is 1.01. The molecule has 7 heavy (non-hydrogen) atoms. The van der Waals surface area contributed by atoms with Crippen LogP contribution < -0.4 is 0 Å². The first kappa shape index (κ1) is 4.77. The molecular weight excluding hydrogens is 163 g/mol. The molecule has 0 radical (unpaired) electrons. The average Bonchev–Trinajstić information content (AvgIpc) is 1.91. The van der Waals surface area contributed by atoms with Crippen LogP contribution in [0.15, 0.2) is 10.9 Å². The van der Waals surface area contributed by atoms with E-state index in [1.807, 2.05) is 0 Å². The molecule has 0 unspecified atom stereocenters. The molecule has 0 fully saturated rings. The number of hydrogen-bond donors (Lipinski definition) is 1. The lowest BCUT2D eigenvalue weighted by atomic mass is 10.9. The van der Waals surface area contributed by atoms with E-state index >= 15 is 0 Å². The second kappa shape index (κ2) is 1.61. The molecular formula is C3H2BrFN2. The van der Waals surface area contributed by atoms with Crippen molar-refractivity contribution >= 4 is 15.9 Å². The molecule has 1 N–H and O–H groups in total. The van der Waals surface area contributed by atoms with Crippen molar-refractivity contribution in [2.45, 2.75) is 0 Å². The third-order valence-electron chi connectivity index (χ3n) is 0.550. The molecule has 1 aromatic rings. The minimum absolute atomic E-state index is 0.229. The summed E-state index contributed by atoms with van der Waals surface area (Å²) in [4.78, 5) is 5.75. The van der Waals surface area contributed by atoms with E-state index in [1.54, 1.807) is 0 Å². The van der Waals surface area contributed by atoms with Crippen molar-refractivity contribution in [3.05, 3.63) is 16.9 Å². The summed E-state index contributed by atoms with van der Waals surface area (Å²) in [5.74, 6) is -0.431. The quantitative estimate of drug-likeness (QED) is 0.616. The van der Waals surface area contributed by atoms with Crippen molar-refractivity contribution in [1.29, 1.82) is 0 Å². The number of imidazole rings is 1. The lowest BCUT2D eigenvalue weighted by molar-refractivity contribution is 0.584. The van der Waals surface area contributed by atoms with Crippen LogP contribution in [0.2, 0.25) is 0 Å². The van der Waals surface area contributed by atoms with E-state index in [0.29, 0.717) is 0 Å². The first-order valence-electron chi connectivity index (χ1n) is 1.65. The second-order valence-corrected chi connectivity index (χ2v) is 1.76. The summed E-state index contributed by atoms with van der Waals surface area (Å²) in [6.45, 7) is 0. The van der Waals surface area contributed by atoms with Crippen molar-refractivity contribution < 1.29 is 4.39 Å². The van der Waals surface area contributed by atoms with Gasteiger partial charge in [-0.25, -0.2) is 4.98 Å². The lowest BCUT2D eigenvalue weighted by Crippen LogP contribution is -1.67. The fourth-order valence-corrected chi connectivity index (χ4v) is 0.479. The Morgan fingerprint density at radius 2 is 2.57 bits per heavy atom. The van der Waals surface area contributed by atoms with Gasteiger partial charge < -0.3 is 4.98 Å². The molecule has 0 saturated heterocycles. The largest absolute Gasteiger partial charge is 0.320 e. The molecule has 0 aromatic carbocycles. The van der Waals surface area contributed by atoms with E-state index in [2.05, 4.69) is 25.9 Å². The molecule has 0 aliphatic rings. The minimum Gasteiger partial charge on any atom is -0.320 e. The van der Waals surface area contributed by atoms with Gasteiger partial charge in [-0.15, -0.1) is 0 Å². The van der Waals surface area contributed by atoms with Crippen LogP contribution in [0.1, 0.15) is 0 Å². The summed E-state index contributed by atoms with van der Waals surface area (Å²) in [5, 5.41) is 0. The summed E-state index contributed by atoms with van der Waals surface area (Å²) in [7, 11) is 0. The Morgan fingerprint density at radius 1 is 1.86 bits per heavy atom. The zero-order valence-corrected chi connectivity index (χ0v) is 4.87. The van der Waals surface area contributed by atoms with Gasteiger partial charge >= 0.3 is 0 Å². The van der Waals surface area contributed by atoms with Gasteiger partial charge in [-0.2, -0.15) is 4.39 Å². The van der Waals surface area contributed by atoms with Gasteiger partial charge in [0.2, 0.25) is 5.95 Å². The van der Waals surface area contributed by atoms with E-state index in [4.69, 9.17) is 0 Å². The fourth-order valence-electron chi connectivity index (χ4n) is 0.262. The highest BCUT2D eigenvalue weighted by Gasteiger charge is 1.95. The molecule has 0 aliphatic carbocycles. The number of rotatable bonds is 0. The van der Waals surface area contributed by atoms with Crippen LogP contribution in [0.4, 0.5) is 4.39 Å². The van der Waals surface area contributed by atoms with E-state index in [-0.39, 0.29) is 4.60 Å². The first-order valence-corrected chi connectivity index (χ1v) is 2.44. The van der Waals surface area contributed by atoms with E-state index in [1.165, 1.54) is 6.33 Å². The Balaban J connectivity index is 3.12. The van der Waals surface area contributed by atoms with Crippen molar-refractivity contribution in [1.82, 2.24) is 9.97 Å². The Morgan fingerprint density at radius 3 is 2.71 bits per heavy atom. The maximum atomic E-state index is 11.9. The fraction of sp³-hybridized carbons (Fsp3) is 0. The molecule has 0 atom stereocenters. The van der Waals surface area contributed by atoms with Gasteiger partial charge in [0.15, 0.2) is 4.60 Å². The number of nitrogens with one attached hydrogen (secondary N) is 1. The lowest BCUT2D eigenvalue weighted by Gasteiger charge is -1.71. The van der Waals surface area contributed by atoms with Gasteiger partial charge in [-0.1, -0.05) is 0 Å². The number of aromatic amines is 1. The maximum Gasteiger partial charge on any atom is 0.225 e. The van der Waals surface area contributed by atoms with Crippen LogP contribution in [0.25, 0.3) is 0 Å². The molecule has 0 aliphatic heterocycles. The molecule has 1 heterocycles. The third kappa shape index (κ3) is 0.796. The smallest absolute Gasteiger partial charge is 0.225 e. The van der Waals surface area contributed by atoms with Crippen LogP contribution in [-0.4, -0.2) is 9.97 Å². The highest BCUT2D eigenvalue weighted by atomic mass is 79.9. The molecule has 38 valence electrons. The number of nitrogens with zero attached hydrogens (tertiary/aromatic N) is 1. The number of hydrogen-bond acceptors (Lipinski definition) is 1. The van der Waals surface area contributed by atoms with Crippen molar-refractivity contribution in [3.63, 3.8) is 0 Å². The van der Waals surface area contributed by atoms with Crippen molar-refractivity contribution in [2.75, 3.05) is 0 Å². The zero-order valence-electron chi connectivity index (χ0n) is 3.28. The SMILES string of the molecule is Fc1[nH]cnc1Br. The molecule has 2 nitrogen and oxygen atoms in total. The highest BCUT2D eigenvalue weighted by molar-refractivity contribution is 9.10. The third-order valence-corrected chi connectivity index (χ3v) is 1.10. The molecule has 1 rings (SSSR count). The Hall–Kier alpha value is -0.380. The van der Waals surface area contributed by atoms with Crippen LogP contribution in [0, 0.1) is 5.95 Å². The van der Waals surface area contributed by atoms with Gasteiger partial charge in [0, 0.05) is 0 Å². The summed E-state index contributed by atoms with van der Waals surface area (Å²) in [6.07, 6.45) is 1.28. The number of H-pyrrole nitrogens is 1. The maximum absolute atomic E-state index is 11.9. The predicted molar refractivity (Wildman–Crippen MR) is 26.2 cm³/mol. The minimum atomic E-state index is -0.431. The Bertz CT molecular complexity index is 145. The molecule has 0 spiro atoms. The van der Waals surface area contributed by atoms with Crippen LogP contribution in [0.5, 0.6) is 0 Å². The Labute approximate surface area is 47.9 Å². The molecule has 0 saturated carbocycles. The van der Waals surface area contributed by atoms with Gasteiger partial charge in [0.05, 0.1) is 6.33 Å². The molecule has 0 bridgehead atoms. The van der Waals surface area contributed by atoms with Crippen LogP contribution in [-0.2, 0) is 0 Å².